The van der Waals surface area contributed by atoms with Crippen molar-refractivity contribution in [3.05, 3.63) is 180 Å². The molecule has 1 N–H and O–H groups in total. The maximum absolute atomic E-state index is 6.59. The van der Waals surface area contributed by atoms with Gasteiger partial charge in [-0.1, -0.05) is 121 Å². The summed E-state index contributed by atoms with van der Waals surface area (Å²) in [6, 6.07) is 58.0. The molecule has 0 bridgehead atoms. The Balaban J connectivity index is 1.08. The number of benzene rings is 8. The van der Waals surface area contributed by atoms with Crippen LogP contribution in [-0.4, -0.2) is 11.7 Å². The average molecular weight is 684 g/mol. The van der Waals surface area contributed by atoms with Crippen LogP contribution in [0.25, 0.3) is 74.8 Å². The van der Waals surface area contributed by atoms with Crippen LogP contribution >= 0.6 is 11.3 Å². The van der Waals surface area contributed by atoms with Crippen molar-refractivity contribution in [3.8, 4) is 11.1 Å². The van der Waals surface area contributed by atoms with Gasteiger partial charge in [0.1, 0.15) is 23.2 Å². The molecule has 2 aromatic heterocycles. The molecule has 4 nitrogen and oxygen atoms in total. The molecule has 1 aliphatic rings. The van der Waals surface area contributed by atoms with Crippen LogP contribution in [0.2, 0.25) is 0 Å². The van der Waals surface area contributed by atoms with Crippen LogP contribution in [0.4, 0.5) is 0 Å². The predicted molar refractivity (Wildman–Crippen MR) is 219 cm³/mol. The molecule has 11 rings (SSSR count). The SMILES string of the molecule is c1ccc2cc(C3=NC(c4cccc5oc6cc(-c7ccc8ccccc8c7)ccc6c45)NC(c4cccc5c4sc4ccccc45)=N3)ccc2c1. The lowest BCUT2D eigenvalue weighted by Gasteiger charge is -2.24. The van der Waals surface area contributed by atoms with Crippen LogP contribution in [0.5, 0.6) is 0 Å². The summed E-state index contributed by atoms with van der Waals surface area (Å²) in [6.07, 6.45) is -0.400. The second-order valence-electron chi connectivity index (χ2n) is 13.4. The minimum atomic E-state index is -0.400. The van der Waals surface area contributed by atoms with Crippen LogP contribution in [0, 0.1) is 0 Å². The molecule has 0 spiro atoms. The lowest BCUT2D eigenvalue weighted by atomic mass is 9.98. The maximum atomic E-state index is 6.59. The number of aliphatic imine (C=N–C) groups is 2. The van der Waals surface area contributed by atoms with Crippen molar-refractivity contribution in [1.29, 1.82) is 0 Å². The van der Waals surface area contributed by atoms with Gasteiger partial charge in [-0.25, -0.2) is 9.98 Å². The molecule has 5 heteroatoms. The highest BCUT2D eigenvalue weighted by Crippen LogP contribution is 2.40. The Morgan fingerprint density at radius 3 is 2.04 bits per heavy atom. The van der Waals surface area contributed by atoms with E-state index in [1.54, 1.807) is 0 Å². The fourth-order valence-corrected chi connectivity index (χ4v) is 8.98. The Labute approximate surface area is 303 Å². The quantitative estimate of drug-likeness (QED) is 0.201. The van der Waals surface area contributed by atoms with E-state index in [4.69, 9.17) is 14.4 Å². The number of rotatable bonds is 4. The summed E-state index contributed by atoms with van der Waals surface area (Å²) in [6.45, 7) is 0. The van der Waals surface area contributed by atoms with Gasteiger partial charge in [-0.2, -0.15) is 0 Å². The Bertz CT molecular complexity index is 3130. The number of thiophene rings is 1. The van der Waals surface area contributed by atoms with Gasteiger partial charge < -0.3 is 9.73 Å². The van der Waals surface area contributed by atoms with Gasteiger partial charge in [0.2, 0.25) is 0 Å². The first-order chi connectivity index (χ1) is 25.7. The molecule has 1 unspecified atom stereocenters. The van der Waals surface area contributed by atoms with Gasteiger partial charge in [0.25, 0.3) is 0 Å². The highest BCUT2D eigenvalue weighted by atomic mass is 32.1. The smallest absolute Gasteiger partial charge is 0.159 e. The Hall–Kier alpha value is -6.56. The first-order valence-electron chi connectivity index (χ1n) is 17.5. The molecule has 52 heavy (non-hydrogen) atoms. The third kappa shape index (κ3) is 4.67. The van der Waals surface area contributed by atoms with Crippen molar-refractivity contribution in [3.63, 3.8) is 0 Å². The summed E-state index contributed by atoms with van der Waals surface area (Å²) in [5, 5.41) is 13.2. The second kappa shape index (κ2) is 11.5. The number of amidine groups is 2. The number of furan rings is 1. The van der Waals surface area contributed by atoms with Gasteiger partial charge in [-0.3, -0.25) is 0 Å². The molecule has 0 amide bonds. The van der Waals surface area contributed by atoms with Gasteiger partial charge in [-0.15, -0.1) is 11.3 Å². The fourth-order valence-electron chi connectivity index (χ4n) is 7.77. The van der Waals surface area contributed by atoms with Crippen LogP contribution < -0.4 is 5.32 Å². The molecule has 0 saturated heterocycles. The summed E-state index contributed by atoms with van der Waals surface area (Å²) in [7, 11) is 0. The zero-order valence-corrected chi connectivity index (χ0v) is 28.7. The lowest BCUT2D eigenvalue weighted by Crippen LogP contribution is -2.33. The standard InChI is InChI=1S/C47H29N3OS/c1-3-11-30-25-32(21-19-28(30)9-1)33-23-24-37-41(27-33)51-40-17-8-15-38(43(37)40)46-48-45(34-22-20-29-10-2-4-12-31(29)26-34)49-47(50-46)39-16-7-14-36-35-13-5-6-18-42(35)52-44(36)39/h1-27,46H,(H,48,49,50). The number of nitrogens with zero attached hydrogens (tertiary/aromatic N) is 2. The van der Waals surface area contributed by atoms with E-state index in [-0.39, 0.29) is 0 Å². The van der Waals surface area contributed by atoms with Crippen LogP contribution in [-0.2, 0) is 0 Å². The minimum absolute atomic E-state index is 0.400. The third-order valence-electron chi connectivity index (χ3n) is 10.3. The van der Waals surface area contributed by atoms with Gasteiger partial charge >= 0.3 is 0 Å². The number of hydrogen-bond acceptors (Lipinski definition) is 5. The summed E-state index contributed by atoms with van der Waals surface area (Å²) in [4.78, 5) is 10.6. The number of nitrogens with one attached hydrogen (secondary N) is 1. The van der Waals surface area contributed by atoms with Gasteiger partial charge in [-0.05, 0) is 75.1 Å². The van der Waals surface area contributed by atoms with Crippen molar-refractivity contribution in [2.24, 2.45) is 9.98 Å². The van der Waals surface area contributed by atoms with E-state index >= 15 is 0 Å². The molecule has 0 radical (unpaired) electrons. The highest BCUT2D eigenvalue weighted by molar-refractivity contribution is 7.26. The van der Waals surface area contributed by atoms with Crippen molar-refractivity contribution >= 4 is 86.7 Å². The zero-order chi connectivity index (χ0) is 34.2. The fraction of sp³-hybridized carbons (Fsp3) is 0.0213. The molecule has 3 heterocycles. The maximum Gasteiger partial charge on any atom is 0.159 e. The summed E-state index contributed by atoms with van der Waals surface area (Å²) in [5.41, 5.74) is 7.07. The molecular weight excluding hydrogens is 655 g/mol. The summed E-state index contributed by atoms with van der Waals surface area (Å²) >= 11 is 1.81. The van der Waals surface area contributed by atoms with E-state index in [9.17, 15) is 0 Å². The molecule has 0 fully saturated rings. The highest BCUT2D eigenvalue weighted by Gasteiger charge is 2.26. The first kappa shape index (κ1) is 29.2. The average Bonchev–Trinajstić information content (AvgIpc) is 3.78. The zero-order valence-electron chi connectivity index (χ0n) is 27.9. The lowest BCUT2D eigenvalue weighted by molar-refractivity contribution is 0.662. The van der Waals surface area contributed by atoms with Crippen LogP contribution in [0.15, 0.2) is 178 Å². The Kier molecular flexibility index (Phi) is 6.45. The molecule has 1 atom stereocenters. The normalized spacial score (nSPS) is 14.7. The van der Waals surface area contributed by atoms with Gasteiger partial charge in [0.15, 0.2) is 5.84 Å². The largest absolute Gasteiger partial charge is 0.456 e. The van der Waals surface area contributed by atoms with E-state index in [0.29, 0.717) is 5.84 Å². The summed E-state index contributed by atoms with van der Waals surface area (Å²) in [5.74, 6) is 1.51. The second-order valence-corrected chi connectivity index (χ2v) is 14.4. The van der Waals surface area contributed by atoms with Crippen molar-refractivity contribution in [2.75, 3.05) is 0 Å². The molecule has 0 saturated carbocycles. The van der Waals surface area contributed by atoms with E-state index in [1.807, 2.05) is 11.3 Å². The third-order valence-corrected chi connectivity index (χ3v) is 11.5. The van der Waals surface area contributed by atoms with E-state index in [1.165, 1.54) is 36.3 Å². The molecular formula is C47H29N3OS. The van der Waals surface area contributed by atoms with E-state index < -0.39 is 6.17 Å². The molecule has 8 aromatic carbocycles. The minimum Gasteiger partial charge on any atom is -0.456 e. The Morgan fingerprint density at radius 2 is 1.19 bits per heavy atom. The summed E-state index contributed by atoms with van der Waals surface area (Å²) < 4.78 is 9.06. The van der Waals surface area contributed by atoms with Crippen LogP contribution in [0.3, 0.4) is 0 Å². The molecule has 10 aromatic rings. The molecule has 0 aliphatic carbocycles. The Morgan fingerprint density at radius 1 is 0.519 bits per heavy atom. The monoisotopic (exact) mass is 683 g/mol. The molecule has 244 valence electrons. The predicted octanol–water partition coefficient (Wildman–Crippen LogP) is 12.4. The topological polar surface area (TPSA) is 49.9 Å². The van der Waals surface area contributed by atoms with Crippen molar-refractivity contribution < 1.29 is 4.42 Å². The number of fused-ring (bicyclic) bond motifs is 8. The van der Waals surface area contributed by atoms with Crippen molar-refractivity contribution in [2.45, 2.75) is 6.17 Å². The van der Waals surface area contributed by atoms with Crippen LogP contribution in [0.1, 0.15) is 22.9 Å². The number of hydrogen-bond donors (Lipinski definition) is 1. The van der Waals surface area contributed by atoms with Gasteiger partial charge in [0.05, 0.1) is 0 Å². The van der Waals surface area contributed by atoms with E-state index in [2.05, 4.69) is 169 Å². The van der Waals surface area contributed by atoms with Crippen molar-refractivity contribution in [1.82, 2.24) is 5.32 Å². The van der Waals surface area contributed by atoms with Gasteiger partial charge in [0, 0.05) is 47.6 Å². The first-order valence-corrected chi connectivity index (χ1v) is 18.3. The molecule has 1 aliphatic heterocycles. The van der Waals surface area contributed by atoms with E-state index in [0.717, 1.165) is 61.0 Å².